The van der Waals surface area contributed by atoms with Gasteiger partial charge in [-0.25, -0.2) is 0 Å². The first-order valence-electron chi connectivity index (χ1n) is 11.3. The van der Waals surface area contributed by atoms with Gasteiger partial charge in [0, 0.05) is 25.3 Å². The van der Waals surface area contributed by atoms with Crippen LogP contribution in [-0.2, 0) is 27.4 Å². The second kappa shape index (κ2) is 10.8. The molecule has 1 atom stereocenters. The number of anilines is 1. The highest BCUT2D eigenvalue weighted by Crippen LogP contribution is 2.29. The zero-order valence-corrected chi connectivity index (χ0v) is 20.4. The van der Waals surface area contributed by atoms with Crippen LogP contribution in [0.15, 0.2) is 28.0 Å². The standard InChI is InChI=1S/C23H27N7O4S/c1-14-15(2)30(12-16-5-3-9-33-16)21(17(14)11-24)26-20(32)13-35-23-28-27-22(18-6-4-10-34-18)29(23)8-7-19(25)31/h4,6,10,16H,3,5,7-9,12-13H2,1-2H3,(H2,25,31)(H,26,32). The van der Waals surface area contributed by atoms with Gasteiger partial charge in [-0.05, 0) is 44.4 Å². The van der Waals surface area contributed by atoms with E-state index in [1.165, 1.54) is 18.0 Å². The summed E-state index contributed by atoms with van der Waals surface area (Å²) in [5, 5.41) is 21.4. The number of aromatic nitrogens is 4. The Morgan fingerprint density at radius 2 is 2.17 bits per heavy atom. The highest BCUT2D eigenvalue weighted by molar-refractivity contribution is 7.99. The SMILES string of the molecule is Cc1c(C#N)c(NC(=O)CSc2nnc(-c3ccco3)n2CCC(N)=O)n(CC2CCCO2)c1C. The fourth-order valence-electron chi connectivity index (χ4n) is 4.06. The van der Waals surface area contributed by atoms with E-state index in [1.807, 2.05) is 18.4 Å². The smallest absolute Gasteiger partial charge is 0.235 e. The second-order valence-electron chi connectivity index (χ2n) is 8.28. The third-order valence-corrected chi connectivity index (χ3v) is 6.95. The van der Waals surface area contributed by atoms with Crippen molar-refractivity contribution in [3.05, 3.63) is 35.2 Å². The minimum absolute atomic E-state index is 0.0287. The van der Waals surface area contributed by atoms with E-state index in [2.05, 4.69) is 21.6 Å². The van der Waals surface area contributed by atoms with E-state index in [-0.39, 0.29) is 30.7 Å². The quantitative estimate of drug-likeness (QED) is 0.405. The molecule has 1 aliphatic heterocycles. The van der Waals surface area contributed by atoms with Crippen LogP contribution in [0.5, 0.6) is 0 Å². The molecule has 0 saturated carbocycles. The second-order valence-corrected chi connectivity index (χ2v) is 9.22. The van der Waals surface area contributed by atoms with Crippen LogP contribution < -0.4 is 11.1 Å². The van der Waals surface area contributed by atoms with Gasteiger partial charge in [0.25, 0.3) is 0 Å². The Balaban J connectivity index is 1.50. The first kappa shape index (κ1) is 24.6. The number of primary amides is 1. The average molecular weight is 498 g/mol. The Hall–Kier alpha value is -3.56. The number of hydrogen-bond acceptors (Lipinski definition) is 8. The van der Waals surface area contributed by atoms with Gasteiger partial charge in [-0.3, -0.25) is 14.2 Å². The zero-order valence-electron chi connectivity index (χ0n) is 19.6. The number of nitrogens with two attached hydrogens (primary N) is 1. The van der Waals surface area contributed by atoms with E-state index in [9.17, 15) is 14.9 Å². The molecule has 4 rings (SSSR count). The number of rotatable bonds is 10. The van der Waals surface area contributed by atoms with Crippen molar-refractivity contribution >= 4 is 29.4 Å². The van der Waals surface area contributed by atoms with Crippen molar-refractivity contribution in [2.75, 3.05) is 17.7 Å². The molecule has 1 aliphatic rings. The number of nitrogens with one attached hydrogen (secondary N) is 1. The van der Waals surface area contributed by atoms with Crippen molar-refractivity contribution in [1.82, 2.24) is 19.3 Å². The third-order valence-electron chi connectivity index (χ3n) is 5.98. The first-order valence-corrected chi connectivity index (χ1v) is 12.3. The maximum absolute atomic E-state index is 12.9. The molecule has 184 valence electrons. The molecule has 3 aromatic rings. The summed E-state index contributed by atoms with van der Waals surface area (Å²) in [6, 6.07) is 5.69. The Morgan fingerprint density at radius 1 is 1.34 bits per heavy atom. The van der Waals surface area contributed by atoms with Gasteiger partial charge in [0.2, 0.25) is 11.8 Å². The number of carbonyl (C=O) groups excluding carboxylic acids is 2. The van der Waals surface area contributed by atoms with Crippen LogP contribution in [0.3, 0.4) is 0 Å². The maximum atomic E-state index is 12.9. The highest BCUT2D eigenvalue weighted by atomic mass is 32.2. The molecule has 3 aromatic heterocycles. The van der Waals surface area contributed by atoms with Gasteiger partial charge in [-0.15, -0.1) is 10.2 Å². The van der Waals surface area contributed by atoms with Crippen molar-refractivity contribution in [1.29, 1.82) is 5.26 Å². The molecule has 1 unspecified atom stereocenters. The van der Waals surface area contributed by atoms with E-state index in [4.69, 9.17) is 14.9 Å². The molecule has 3 N–H and O–H groups in total. The summed E-state index contributed by atoms with van der Waals surface area (Å²) in [6.45, 7) is 5.37. The maximum Gasteiger partial charge on any atom is 0.235 e. The Bertz CT molecular complexity index is 1250. The average Bonchev–Trinajstić information content (AvgIpc) is 3.62. The summed E-state index contributed by atoms with van der Waals surface area (Å²) in [7, 11) is 0. The third kappa shape index (κ3) is 5.41. The predicted molar refractivity (Wildman–Crippen MR) is 128 cm³/mol. The molecule has 0 radical (unpaired) electrons. The number of furan rings is 1. The lowest BCUT2D eigenvalue weighted by Crippen LogP contribution is -2.22. The summed E-state index contributed by atoms with van der Waals surface area (Å²) in [5.74, 6) is 0.703. The lowest BCUT2D eigenvalue weighted by Gasteiger charge is -2.17. The molecule has 4 heterocycles. The van der Waals surface area contributed by atoms with Crippen molar-refractivity contribution in [2.24, 2.45) is 5.73 Å². The molecule has 0 aliphatic carbocycles. The van der Waals surface area contributed by atoms with Crippen molar-refractivity contribution in [2.45, 2.75) is 57.5 Å². The fourth-order valence-corrected chi connectivity index (χ4v) is 4.82. The van der Waals surface area contributed by atoms with Gasteiger partial charge >= 0.3 is 0 Å². The van der Waals surface area contributed by atoms with Gasteiger partial charge in [-0.1, -0.05) is 11.8 Å². The molecule has 1 fully saturated rings. The van der Waals surface area contributed by atoms with Crippen LogP contribution in [0.1, 0.15) is 36.1 Å². The van der Waals surface area contributed by atoms with Crippen LogP contribution >= 0.6 is 11.8 Å². The van der Waals surface area contributed by atoms with Crippen LogP contribution in [-0.4, -0.2) is 49.6 Å². The molecule has 1 saturated heterocycles. The van der Waals surface area contributed by atoms with Crippen LogP contribution in [0.25, 0.3) is 11.6 Å². The summed E-state index contributed by atoms with van der Waals surface area (Å²) in [4.78, 5) is 24.3. The molecule has 0 spiro atoms. The van der Waals surface area contributed by atoms with Gasteiger partial charge in [0.1, 0.15) is 11.9 Å². The summed E-state index contributed by atoms with van der Waals surface area (Å²) in [6.07, 6.45) is 3.61. The Kier molecular flexibility index (Phi) is 7.57. The number of thioether (sulfide) groups is 1. The van der Waals surface area contributed by atoms with Crippen molar-refractivity contribution < 1.29 is 18.7 Å². The van der Waals surface area contributed by atoms with Crippen LogP contribution in [0.2, 0.25) is 0 Å². The molecule has 12 heteroatoms. The van der Waals surface area contributed by atoms with E-state index in [1.54, 1.807) is 16.7 Å². The summed E-state index contributed by atoms with van der Waals surface area (Å²) < 4.78 is 14.8. The lowest BCUT2D eigenvalue weighted by atomic mass is 10.2. The largest absolute Gasteiger partial charge is 0.461 e. The van der Waals surface area contributed by atoms with Gasteiger partial charge < -0.3 is 24.8 Å². The number of hydrogen-bond donors (Lipinski definition) is 2. The molecular formula is C23H27N7O4S. The predicted octanol–water partition coefficient (Wildman–Crippen LogP) is 2.61. The zero-order chi connectivity index (χ0) is 24.9. The van der Waals surface area contributed by atoms with E-state index in [0.717, 1.165) is 30.7 Å². The topological polar surface area (TPSA) is 154 Å². The normalized spacial score (nSPS) is 15.3. The number of ether oxygens (including phenoxy) is 1. The Morgan fingerprint density at radius 3 is 2.83 bits per heavy atom. The molecule has 35 heavy (non-hydrogen) atoms. The molecule has 2 amide bonds. The van der Waals surface area contributed by atoms with Gasteiger partial charge in [0.15, 0.2) is 16.7 Å². The number of nitriles is 1. The lowest BCUT2D eigenvalue weighted by molar-refractivity contribution is -0.118. The van der Waals surface area contributed by atoms with Gasteiger partial charge in [-0.2, -0.15) is 5.26 Å². The monoisotopic (exact) mass is 497 g/mol. The van der Waals surface area contributed by atoms with E-state index >= 15 is 0 Å². The molecular weight excluding hydrogens is 470 g/mol. The van der Waals surface area contributed by atoms with Crippen LogP contribution in [0, 0.1) is 25.2 Å². The van der Waals surface area contributed by atoms with Crippen molar-refractivity contribution in [3.63, 3.8) is 0 Å². The van der Waals surface area contributed by atoms with Gasteiger partial charge in [0.05, 0.1) is 30.2 Å². The number of amides is 2. The summed E-state index contributed by atoms with van der Waals surface area (Å²) >= 11 is 1.17. The molecule has 0 bridgehead atoms. The van der Waals surface area contributed by atoms with Crippen molar-refractivity contribution in [3.8, 4) is 17.7 Å². The number of carbonyl (C=O) groups is 2. The van der Waals surface area contributed by atoms with E-state index in [0.29, 0.717) is 34.7 Å². The molecule has 0 aromatic carbocycles. The highest BCUT2D eigenvalue weighted by Gasteiger charge is 2.24. The molecule has 11 nitrogen and oxygen atoms in total. The minimum Gasteiger partial charge on any atom is -0.461 e. The minimum atomic E-state index is -0.459. The summed E-state index contributed by atoms with van der Waals surface area (Å²) in [5.41, 5.74) is 7.53. The first-order chi connectivity index (χ1) is 16.9. The van der Waals surface area contributed by atoms with E-state index < -0.39 is 5.91 Å². The fraction of sp³-hybridized carbons (Fsp3) is 0.435. The number of nitrogens with zero attached hydrogens (tertiary/aromatic N) is 5. The van der Waals surface area contributed by atoms with Crippen LogP contribution in [0.4, 0.5) is 5.82 Å². The Labute approximate surface area is 206 Å².